The molecule has 1 fully saturated rings. The van der Waals surface area contributed by atoms with Gasteiger partial charge in [-0.15, -0.1) is 0 Å². The van der Waals surface area contributed by atoms with E-state index in [-0.39, 0.29) is 0 Å². The molecular formula is C32H35N5. The van der Waals surface area contributed by atoms with E-state index in [9.17, 15) is 0 Å². The van der Waals surface area contributed by atoms with E-state index in [4.69, 9.17) is 5.73 Å². The number of nitrogen functional groups attached to an aromatic ring is 1. The summed E-state index contributed by atoms with van der Waals surface area (Å²) in [5.41, 5.74) is 16.9. The summed E-state index contributed by atoms with van der Waals surface area (Å²) in [5.74, 6) is 0.572. The van der Waals surface area contributed by atoms with E-state index in [0.717, 1.165) is 62.0 Å². The van der Waals surface area contributed by atoms with Crippen LogP contribution in [0.25, 0.3) is 16.8 Å². The van der Waals surface area contributed by atoms with Gasteiger partial charge >= 0.3 is 0 Å². The van der Waals surface area contributed by atoms with Crippen molar-refractivity contribution in [3.8, 4) is 11.3 Å². The highest BCUT2D eigenvalue weighted by atomic mass is 14.9. The Kier molecular flexibility index (Phi) is 8.04. The smallest absolute Gasteiger partial charge is 0.0720 e. The highest BCUT2D eigenvalue weighted by molar-refractivity contribution is 5.77. The van der Waals surface area contributed by atoms with Gasteiger partial charge in [-0.2, -0.15) is 0 Å². The third-order valence-corrected chi connectivity index (χ3v) is 6.56. The molecule has 0 amide bonds. The first-order chi connectivity index (χ1) is 17.9. The fraction of sp³-hybridized carbons (Fsp3) is 0.188. The number of hydrogen-bond acceptors (Lipinski definition) is 5. The first-order valence-corrected chi connectivity index (χ1v) is 12.6. The van der Waals surface area contributed by atoms with Crippen molar-refractivity contribution in [2.75, 3.05) is 11.1 Å². The summed E-state index contributed by atoms with van der Waals surface area (Å²) in [6.45, 7) is 16.5. The van der Waals surface area contributed by atoms with Crippen molar-refractivity contribution in [1.82, 2.24) is 15.3 Å². The number of nitrogens with one attached hydrogen (secondary N) is 2. The highest BCUT2D eigenvalue weighted by Gasteiger charge is 2.24. The number of benzene rings is 1. The molecule has 2 aromatic heterocycles. The zero-order valence-corrected chi connectivity index (χ0v) is 21.7. The molecule has 0 bridgehead atoms. The van der Waals surface area contributed by atoms with E-state index in [1.807, 2.05) is 55.7 Å². The summed E-state index contributed by atoms with van der Waals surface area (Å²) in [7, 11) is 0. The second-order valence-corrected chi connectivity index (χ2v) is 9.37. The molecule has 3 aromatic rings. The maximum Gasteiger partial charge on any atom is 0.0720 e. The van der Waals surface area contributed by atoms with Crippen LogP contribution in [0.1, 0.15) is 36.5 Å². The lowest BCUT2D eigenvalue weighted by Crippen LogP contribution is -2.12. The third-order valence-electron chi connectivity index (χ3n) is 6.56. The molecule has 37 heavy (non-hydrogen) atoms. The summed E-state index contributed by atoms with van der Waals surface area (Å²) in [6.07, 6.45) is 14.4. The normalized spacial score (nSPS) is 13.7. The molecule has 0 spiro atoms. The monoisotopic (exact) mass is 489 g/mol. The lowest BCUT2D eigenvalue weighted by molar-refractivity contribution is 0.865. The number of hydrogen-bond donors (Lipinski definition) is 3. The van der Waals surface area contributed by atoms with E-state index in [1.165, 1.54) is 12.8 Å². The Morgan fingerprint density at radius 3 is 2.65 bits per heavy atom. The van der Waals surface area contributed by atoms with E-state index >= 15 is 0 Å². The Hall–Kier alpha value is -4.38. The lowest BCUT2D eigenvalue weighted by Gasteiger charge is -2.16. The van der Waals surface area contributed by atoms with Gasteiger partial charge < -0.3 is 16.4 Å². The van der Waals surface area contributed by atoms with Crippen LogP contribution in [0.4, 0.5) is 11.4 Å². The van der Waals surface area contributed by atoms with Crippen molar-refractivity contribution in [2.45, 2.75) is 33.1 Å². The summed E-state index contributed by atoms with van der Waals surface area (Å²) in [6, 6.07) is 12.0. The van der Waals surface area contributed by atoms with Gasteiger partial charge in [0.05, 0.1) is 17.6 Å². The van der Waals surface area contributed by atoms with Crippen LogP contribution < -0.4 is 16.4 Å². The molecule has 188 valence electrons. The van der Waals surface area contributed by atoms with E-state index in [2.05, 4.69) is 65.5 Å². The van der Waals surface area contributed by atoms with Crippen LogP contribution >= 0.6 is 0 Å². The maximum absolute atomic E-state index is 6.37. The zero-order chi connectivity index (χ0) is 26.4. The molecule has 5 heteroatoms. The average Bonchev–Trinajstić information content (AvgIpc) is 3.75. The second-order valence-electron chi connectivity index (χ2n) is 9.37. The lowest BCUT2D eigenvalue weighted by atomic mass is 9.98. The summed E-state index contributed by atoms with van der Waals surface area (Å²) in [4.78, 5) is 8.88. The average molecular weight is 490 g/mol. The SMILES string of the molecule is C=C/C(=C\C(=C/C)c1ccc(N)c(CC(=C)Nc2cncc(-c3ccccn3)c2C)c1)NC(=C)C1CC1. The first kappa shape index (κ1) is 25.7. The maximum atomic E-state index is 6.37. The number of nitrogens with two attached hydrogens (primary N) is 1. The van der Waals surface area contributed by atoms with Gasteiger partial charge in [-0.3, -0.25) is 9.97 Å². The molecule has 4 rings (SSSR count). The number of nitrogens with zero attached hydrogens (tertiary/aromatic N) is 2. The predicted octanol–water partition coefficient (Wildman–Crippen LogP) is 7.19. The minimum absolute atomic E-state index is 0.572. The fourth-order valence-electron chi connectivity index (χ4n) is 4.20. The number of anilines is 2. The Morgan fingerprint density at radius 1 is 1.16 bits per heavy atom. The van der Waals surface area contributed by atoms with Gasteiger partial charge in [0.15, 0.2) is 0 Å². The Labute approximate surface area is 220 Å². The van der Waals surface area contributed by atoms with E-state index < -0.39 is 0 Å². The van der Waals surface area contributed by atoms with Crippen molar-refractivity contribution in [2.24, 2.45) is 5.92 Å². The Morgan fingerprint density at radius 2 is 1.97 bits per heavy atom. The van der Waals surface area contributed by atoms with Crippen molar-refractivity contribution in [1.29, 1.82) is 0 Å². The molecule has 5 nitrogen and oxygen atoms in total. The minimum atomic E-state index is 0.572. The summed E-state index contributed by atoms with van der Waals surface area (Å²) in [5, 5.41) is 6.86. The molecule has 0 unspecified atom stereocenters. The molecule has 0 aliphatic heterocycles. The molecule has 4 N–H and O–H groups in total. The molecule has 0 atom stereocenters. The van der Waals surface area contributed by atoms with Crippen molar-refractivity contribution in [3.05, 3.63) is 127 Å². The molecule has 1 aliphatic carbocycles. The van der Waals surface area contributed by atoms with Gasteiger partial charge in [-0.05, 0) is 91.3 Å². The molecule has 0 radical (unpaired) electrons. The van der Waals surface area contributed by atoms with E-state index in [0.29, 0.717) is 12.3 Å². The number of pyridine rings is 2. The first-order valence-electron chi connectivity index (χ1n) is 12.6. The number of allylic oxidation sites excluding steroid dienone is 6. The van der Waals surface area contributed by atoms with Crippen LogP contribution in [0.2, 0.25) is 0 Å². The van der Waals surface area contributed by atoms with Gasteiger partial charge in [0, 0.05) is 47.2 Å². The van der Waals surface area contributed by atoms with Crippen LogP contribution in [-0.4, -0.2) is 9.97 Å². The highest BCUT2D eigenvalue weighted by Crippen LogP contribution is 2.35. The van der Waals surface area contributed by atoms with Gasteiger partial charge in [-0.25, -0.2) is 0 Å². The molecule has 2 heterocycles. The molecule has 1 aliphatic rings. The van der Waals surface area contributed by atoms with E-state index in [1.54, 1.807) is 6.20 Å². The molecule has 0 saturated heterocycles. The molecule has 1 saturated carbocycles. The van der Waals surface area contributed by atoms with Crippen LogP contribution in [-0.2, 0) is 6.42 Å². The third kappa shape index (κ3) is 6.44. The zero-order valence-electron chi connectivity index (χ0n) is 21.7. The summed E-state index contributed by atoms with van der Waals surface area (Å²) < 4.78 is 0. The minimum Gasteiger partial charge on any atom is -0.398 e. The Balaban J connectivity index is 1.51. The van der Waals surface area contributed by atoms with Crippen LogP contribution in [0, 0.1) is 12.8 Å². The standard InChI is InChI=1S/C32H35N5/c1-6-24(18-28(7-2)37-23(5)25-11-12-25)26-13-14-30(33)27(17-26)16-21(3)36-32-20-34-19-29(22(32)4)31-10-8-9-15-35-31/h6-10,13-15,17-20,25,36-37H,2-3,5,11-12,16,33H2,1,4H3/b24-6+,28-18+. The largest absolute Gasteiger partial charge is 0.398 e. The van der Waals surface area contributed by atoms with Gasteiger partial charge in [0.1, 0.15) is 0 Å². The van der Waals surface area contributed by atoms with Gasteiger partial charge in [0.25, 0.3) is 0 Å². The van der Waals surface area contributed by atoms with Crippen LogP contribution in [0.5, 0.6) is 0 Å². The topological polar surface area (TPSA) is 75.9 Å². The molecular weight excluding hydrogens is 454 g/mol. The van der Waals surface area contributed by atoms with Crippen LogP contribution in [0.3, 0.4) is 0 Å². The second kappa shape index (κ2) is 11.6. The quantitative estimate of drug-likeness (QED) is 0.196. The van der Waals surface area contributed by atoms with Crippen LogP contribution in [0.15, 0.2) is 110 Å². The summed E-state index contributed by atoms with van der Waals surface area (Å²) >= 11 is 0. The molecule has 1 aromatic carbocycles. The fourth-order valence-corrected chi connectivity index (χ4v) is 4.20. The number of rotatable bonds is 11. The van der Waals surface area contributed by atoms with Gasteiger partial charge in [-0.1, -0.05) is 37.9 Å². The van der Waals surface area contributed by atoms with Crippen molar-refractivity contribution in [3.63, 3.8) is 0 Å². The number of aromatic nitrogens is 2. The van der Waals surface area contributed by atoms with Crippen molar-refractivity contribution < 1.29 is 0 Å². The van der Waals surface area contributed by atoms with Crippen molar-refractivity contribution >= 4 is 16.9 Å². The predicted molar refractivity (Wildman–Crippen MR) is 156 cm³/mol. The van der Waals surface area contributed by atoms with Gasteiger partial charge in [0.2, 0.25) is 0 Å². The Bertz CT molecular complexity index is 1380.